The molecule has 0 fully saturated rings. The maximum Gasteiger partial charge on any atom is 0.375 e. The van der Waals surface area contributed by atoms with Crippen LogP contribution in [0.4, 0.5) is 0 Å². The van der Waals surface area contributed by atoms with E-state index in [-0.39, 0.29) is 11.2 Å². The predicted molar refractivity (Wildman–Crippen MR) is 46.7 cm³/mol. The lowest BCUT2D eigenvalue weighted by Crippen LogP contribution is -2.17. The summed E-state index contributed by atoms with van der Waals surface area (Å²) in [6, 6.07) is 0. The third-order valence-corrected chi connectivity index (χ3v) is 1.63. The minimum Gasteiger partial charge on any atom is -0.475 e. The summed E-state index contributed by atoms with van der Waals surface area (Å²) < 4.78 is 1.50. The maximum atomic E-state index is 10.6. The fraction of sp³-hybridized carbons (Fsp3) is 0.625. The number of aryl methyl sites for hydroxylation is 1. The largest absolute Gasteiger partial charge is 0.475 e. The molecule has 72 valence electrons. The first-order valence-corrected chi connectivity index (χ1v) is 3.97. The van der Waals surface area contributed by atoms with Crippen LogP contribution in [-0.2, 0) is 12.5 Å². The van der Waals surface area contributed by atoms with Gasteiger partial charge in [0.25, 0.3) is 5.82 Å². The van der Waals surface area contributed by atoms with E-state index >= 15 is 0 Å². The van der Waals surface area contributed by atoms with Gasteiger partial charge in [-0.15, -0.1) is 5.10 Å². The van der Waals surface area contributed by atoms with Crippen LogP contribution in [0.25, 0.3) is 0 Å². The number of aromatic nitrogens is 3. The average Bonchev–Trinajstić information content (AvgIpc) is 2.29. The molecule has 0 bridgehead atoms. The minimum atomic E-state index is -1.09. The highest BCUT2D eigenvalue weighted by Gasteiger charge is 2.23. The molecule has 0 amide bonds. The van der Waals surface area contributed by atoms with Gasteiger partial charge in [-0.25, -0.2) is 9.78 Å². The fourth-order valence-electron chi connectivity index (χ4n) is 1.13. The summed E-state index contributed by atoms with van der Waals surface area (Å²) in [6.07, 6.45) is 0. The van der Waals surface area contributed by atoms with Crippen molar-refractivity contribution in [1.29, 1.82) is 0 Å². The Bertz CT molecular complexity index is 336. The molecule has 5 heteroatoms. The highest BCUT2D eigenvalue weighted by Crippen LogP contribution is 2.19. The van der Waals surface area contributed by atoms with Gasteiger partial charge in [0, 0.05) is 12.5 Å². The topological polar surface area (TPSA) is 68.0 Å². The highest BCUT2D eigenvalue weighted by molar-refractivity contribution is 5.82. The Labute approximate surface area is 76.4 Å². The average molecular weight is 183 g/mol. The smallest absolute Gasteiger partial charge is 0.375 e. The molecule has 0 aliphatic rings. The van der Waals surface area contributed by atoms with Crippen molar-refractivity contribution in [2.75, 3.05) is 0 Å². The summed E-state index contributed by atoms with van der Waals surface area (Å²) in [5.74, 6) is -0.566. The minimum absolute atomic E-state index is 0.146. The number of carbonyl (C=O) groups is 1. The molecule has 0 saturated heterocycles. The van der Waals surface area contributed by atoms with E-state index in [1.807, 2.05) is 20.8 Å². The van der Waals surface area contributed by atoms with Gasteiger partial charge in [-0.1, -0.05) is 20.8 Å². The third-order valence-electron chi connectivity index (χ3n) is 1.63. The van der Waals surface area contributed by atoms with Crippen molar-refractivity contribution in [3.8, 4) is 0 Å². The maximum absolute atomic E-state index is 10.6. The SMILES string of the molecule is Cn1nc(C(=O)O)nc1C(C)(C)C. The molecular weight excluding hydrogens is 170 g/mol. The molecule has 1 N–H and O–H groups in total. The Hall–Kier alpha value is -1.39. The van der Waals surface area contributed by atoms with Gasteiger partial charge < -0.3 is 5.11 Å². The van der Waals surface area contributed by atoms with Crippen molar-refractivity contribution in [3.63, 3.8) is 0 Å². The molecule has 0 spiro atoms. The molecule has 13 heavy (non-hydrogen) atoms. The second-order valence-electron chi connectivity index (χ2n) is 3.94. The van der Waals surface area contributed by atoms with Crippen molar-refractivity contribution in [3.05, 3.63) is 11.6 Å². The molecule has 0 aromatic carbocycles. The normalized spacial score (nSPS) is 11.7. The van der Waals surface area contributed by atoms with E-state index in [2.05, 4.69) is 10.1 Å². The molecule has 0 atom stereocenters. The van der Waals surface area contributed by atoms with Crippen LogP contribution >= 0.6 is 0 Å². The summed E-state index contributed by atoms with van der Waals surface area (Å²) in [6.45, 7) is 5.88. The monoisotopic (exact) mass is 183 g/mol. The molecule has 1 aromatic heterocycles. The first-order chi connectivity index (χ1) is 5.82. The molecule has 0 unspecified atom stereocenters. The van der Waals surface area contributed by atoms with E-state index in [1.54, 1.807) is 7.05 Å². The first kappa shape index (κ1) is 9.70. The second-order valence-corrected chi connectivity index (χ2v) is 3.94. The molecule has 0 saturated carbocycles. The lowest BCUT2D eigenvalue weighted by molar-refractivity contribution is 0.0683. The quantitative estimate of drug-likeness (QED) is 0.699. The predicted octanol–water partition coefficient (Wildman–Crippen LogP) is 0.811. The van der Waals surface area contributed by atoms with Gasteiger partial charge in [0.2, 0.25) is 0 Å². The van der Waals surface area contributed by atoms with Gasteiger partial charge in [-0.2, -0.15) is 0 Å². The van der Waals surface area contributed by atoms with Gasteiger partial charge in [0.15, 0.2) is 0 Å². The van der Waals surface area contributed by atoms with Crippen LogP contribution < -0.4 is 0 Å². The Morgan fingerprint density at radius 3 is 2.23 bits per heavy atom. The number of nitrogens with zero attached hydrogens (tertiary/aromatic N) is 3. The van der Waals surface area contributed by atoms with E-state index in [9.17, 15) is 4.79 Å². The Morgan fingerprint density at radius 1 is 1.46 bits per heavy atom. The van der Waals surface area contributed by atoms with Crippen LogP contribution in [-0.4, -0.2) is 25.8 Å². The second kappa shape index (κ2) is 2.83. The van der Waals surface area contributed by atoms with Gasteiger partial charge in [-0.05, 0) is 0 Å². The van der Waals surface area contributed by atoms with Crippen molar-refractivity contribution < 1.29 is 9.90 Å². The standard InChI is InChI=1S/C8H13N3O2/c1-8(2,3)7-9-5(6(12)13)10-11(7)4/h1-4H3,(H,12,13). The fourth-order valence-corrected chi connectivity index (χ4v) is 1.13. The number of carboxylic acid groups (broad SMARTS) is 1. The lowest BCUT2D eigenvalue weighted by atomic mass is 9.96. The van der Waals surface area contributed by atoms with Crippen LogP contribution in [0.1, 0.15) is 37.2 Å². The number of aromatic carboxylic acids is 1. The summed E-state index contributed by atoms with van der Waals surface area (Å²) in [5, 5.41) is 12.4. The van der Waals surface area contributed by atoms with Crippen LogP contribution in [0, 0.1) is 0 Å². The molecule has 5 nitrogen and oxygen atoms in total. The molecule has 0 aliphatic carbocycles. The van der Waals surface area contributed by atoms with Crippen molar-refractivity contribution in [1.82, 2.24) is 14.8 Å². The molecule has 0 radical (unpaired) electrons. The summed E-state index contributed by atoms with van der Waals surface area (Å²) in [4.78, 5) is 14.5. The van der Waals surface area contributed by atoms with Gasteiger partial charge in [0.05, 0.1) is 0 Å². The molecule has 1 heterocycles. The zero-order valence-electron chi connectivity index (χ0n) is 8.20. The molecule has 1 rings (SSSR count). The van der Waals surface area contributed by atoms with E-state index < -0.39 is 5.97 Å². The van der Waals surface area contributed by atoms with E-state index in [1.165, 1.54) is 4.68 Å². The van der Waals surface area contributed by atoms with E-state index in [0.717, 1.165) is 0 Å². The van der Waals surface area contributed by atoms with E-state index in [0.29, 0.717) is 5.82 Å². The van der Waals surface area contributed by atoms with Crippen LogP contribution in [0.15, 0.2) is 0 Å². The lowest BCUT2D eigenvalue weighted by Gasteiger charge is -2.15. The molecule has 1 aromatic rings. The summed E-state index contributed by atoms with van der Waals surface area (Å²) >= 11 is 0. The number of hydrogen-bond acceptors (Lipinski definition) is 3. The third kappa shape index (κ3) is 1.85. The first-order valence-electron chi connectivity index (χ1n) is 3.97. The van der Waals surface area contributed by atoms with Gasteiger partial charge in [-0.3, -0.25) is 4.68 Å². The zero-order chi connectivity index (χ0) is 10.2. The zero-order valence-corrected chi connectivity index (χ0v) is 8.20. The highest BCUT2D eigenvalue weighted by atomic mass is 16.4. The van der Waals surface area contributed by atoms with Gasteiger partial charge >= 0.3 is 5.97 Å². The number of carboxylic acids is 1. The number of rotatable bonds is 1. The van der Waals surface area contributed by atoms with Gasteiger partial charge in [0.1, 0.15) is 5.82 Å². The van der Waals surface area contributed by atoms with Crippen molar-refractivity contribution >= 4 is 5.97 Å². The van der Waals surface area contributed by atoms with Crippen LogP contribution in [0.2, 0.25) is 0 Å². The summed E-state index contributed by atoms with van der Waals surface area (Å²) in [5.41, 5.74) is -0.185. The van der Waals surface area contributed by atoms with Crippen molar-refractivity contribution in [2.45, 2.75) is 26.2 Å². The Balaban J connectivity index is 3.18. The Morgan fingerprint density at radius 2 is 2.00 bits per heavy atom. The van der Waals surface area contributed by atoms with Crippen LogP contribution in [0.3, 0.4) is 0 Å². The van der Waals surface area contributed by atoms with Crippen LogP contribution in [0.5, 0.6) is 0 Å². The summed E-state index contributed by atoms with van der Waals surface area (Å²) in [7, 11) is 1.69. The van der Waals surface area contributed by atoms with E-state index in [4.69, 9.17) is 5.11 Å². The molecular formula is C8H13N3O2. The van der Waals surface area contributed by atoms with Crippen molar-refractivity contribution in [2.24, 2.45) is 7.05 Å². The number of hydrogen-bond donors (Lipinski definition) is 1. The Kier molecular flexibility index (Phi) is 2.11. The molecule has 0 aliphatic heterocycles.